The van der Waals surface area contributed by atoms with Crippen LogP contribution in [0.5, 0.6) is 11.5 Å². The fourth-order valence-electron chi connectivity index (χ4n) is 1.64. The molecule has 1 aliphatic rings. The molecule has 1 aliphatic heterocycles. The van der Waals surface area contributed by atoms with Crippen LogP contribution in [0.1, 0.15) is 6.42 Å². The van der Waals surface area contributed by atoms with Gasteiger partial charge >= 0.3 is 6.36 Å². The first-order valence-corrected chi connectivity index (χ1v) is 5.26. The summed E-state index contributed by atoms with van der Waals surface area (Å²) in [6, 6.07) is 5.43. The molecule has 0 saturated carbocycles. The molecule has 1 N–H and O–H groups in total. The average molecular weight is 247 g/mol. The standard InChI is InChI=1S/C11H12F3NO2/c12-11(13,14)17-9-3-1-8(2-4-9)16-10-5-6-15-7-10/h1-4,10,15H,5-7H2/t10-/m1/s1. The number of ether oxygens (including phenoxy) is 2. The SMILES string of the molecule is FC(F)(F)Oc1ccc(O[C@@H]2CCNC2)cc1. The summed E-state index contributed by atoms with van der Waals surface area (Å²) in [5, 5.41) is 3.14. The van der Waals surface area contributed by atoms with Gasteiger partial charge in [0, 0.05) is 6.54 Å². The van der Waals surface area contributed by atoms with Gasteiger partial charge in [-0.05, 0) is 37.2 Å². The Morgan fingerprint density at radius 1 is 1.12 bits per heavy atom. The monoisotopic (exact) mass is 247 g/mol. The van der Waals surface area contributed by atoms with E-state index in [1.807, 2.05) is 0 Å². The predicted octanol–water partition coefficient (Wildman–Crippen LogP) is 2.33. The van der Waals surface area contributed by atoms with Crippen molar-refractivity contribution >= 4 is 0 Å². The van der Waals surface area contributed by atoms with E-state index < -0.39 is 6.36 Å². The molecule has 1 atom stereocenters. The van der Waals surface area contributed by atoms with Crippen LogP contribution >= 0.6 is 0 Å². The lowest BCUT2D eigenvalue weighted by molar-refractivity contribution is -0.274. The van der Waals surface area contributed by atoms with Crippen LogP contribution in [0, 0.1) is 0 Å². The van der Waals surface area contributed by atoms with Crippen molar-refractivity contribution in [3.05, 3.63) is 24.3 Å². The van der Waals surface area contributed by atoms with E-state index in [1.165, 1.54) is 24.3 Å². The fraction of sp³-hybridized carbons (Fsp3) is 0.455. The van der Waals surface area contributed by atoms with Crippen molar-refractivity contribution in [3.63, 3.8) is 0 Å². The van der Waals surface area contributed by atoms with Gasteiger partial charge in [0.15, 0.2) is 0 Å². The van der Waals surface area contributed by atoms with E-state index >= 15 is 0 Å². The number of hydrogen-bond acceptors (Lipinski definition) is 3. The molecule has 94 valence electrons. The first kappa shape index (κ1) is 12.0. The summed E-state index contributed by atoms with van der Waals surface area (Å²) in [4.78, 5) is 0. The molecule has 1 heterocycles. The van der Waals surface area contributed by atoms with Gasteiger partial charge in [0.05, 0.1) is 0 Å². The van der Waals surface area contributed by atoms with E-state index in [0.717, 1.165) is 19.5 Å². The third kappa shape index (κ3) is 3.81. The zero-order chi connectivity index (χ0) is 12.3. The molecule has 1 saturated heterocycles. The highest BCUT2D eigenvalue weighted by Crippen LogP contribution is 2.25. The topological polar surface area (TPSA) is 30.5 Å². The molecule has 0 aliphatic carbocycles. The van der Waals surface area contributed by atoms with Gasteiger partial charge in [-0.25, -0.2) is 0 Å². The second-order valence-electron chi connectivity index (χ2n) is 3.75. The van der Waals surface area contributed by atoms with Crippen molar-refractivity contribution < 1.29 is 22.6 Å². The zero-order valence-electron chi connectivity index (χ0n) is 8.96. The Morgan fingerprint density at radius 2 is 1.76 bits per heavy atom. The van der Waals surface area contributed by atoms with Gasteiger partial charge in [-0.1, -0.05) is 0 Å². The van der Waals surface area contributed by atoms with Crippen molar-refractivity contribution in [2.24, 2.45) is 0 Å². The van der Waals surface area contributed by atoms with E-state index in [-0.39, 0.29) is 11.9 Å². The summed E-state index contributed by atoms with van der Waals surface area (Å²) >= 11 is 0. The molecule has 0 bridgehead atoms. The molecule has 0 radical (unpaired) electrons. The van der Waals surface area contributed by atoms with Crippen LogP contribution in [0.4, 0.5) is 13.2 Å². The van der Waals surface area contributed by atoms with Crippen molar-refractivity contribution in [1.82, 2.24) is 5.32 Å². The molecule has 2 rings (SSSR count). The maximum atomic E-state index is 11.9. The van der Waals surface area contributed by atoms with E-state index in [1.54, 1.807) is 0 Å². The summed E-state index contributed by atoms with van der Waals surface area (Å²) in [7, 11) is 0. The molecule has 1 fully saturated rings. The number of benzene rings is 1. The third-order valence-electron chi connectivity index (χ3n) is 2.38. The van der Waals surface area contributed by atoms with E-state index in [9.17, 15) is 13.2 Å². The Balaban J connectivity index is 1.93. The number of rotatable bonds is 3. The molecule has 6 heteroatoms. The molecule has 0 aromatic heterocycles. The molecule has 1 aromatic carbocycles. The number of hydrogen-bond donors (Lipinski definition) is 1. The number of halogens is 3. The Labute approximate surface area is 96.5 Å². The first-order chi connectivity index (χ1) is 8.03. The molecule has 0 unspecified atom stereocenters. The summed E-state index contributed by atoms with van der Waals surface area (Å²) in [5.74, 6) is 0.308. The highest BCUT2D eigenvalue weighted by Gasteiger charge is 2.31. The fourth-order valence-corrected chi connectivity index (χ4v) is 1.64. The number of alkyl halides is 3. The minimum Gasteiger partial charge on any atom is -0.489 e. The second-order valence-corrected chi connectivity index (χ2v) is 3.75. The second kappa shape index (κ2) is 4.83. The van der Waals surface area contributed by atoms with Crippen molar-refractivity contribution in [3.8, 4) is 11.5 Å². The summed E-state index contributed by atoms with van der Waals surface area (Å²) in [6.45, 7) is 1.67. The van der Waals surface area contributed by atoms with E-state index in [2.05, 4.69) is 10.1 Å². The summed E-state index contributed by atoms with van der Waals surface area (Å²) in [5.41, 5.74) is 0. The maximum absolute atomic E-state index is 11.9. The van der Waals surface area contributed by atoms with Crippen molar-refractivity contribution in [1.29, 1.82) is 0 Å². The Kier molecular flexibility index (Phi) is 3.42. The largest absolute Gasteiger partial charge is 0.573 e. The Hall–Kier alpha value is -1.43. The van der Waals surface area contributed by atoms with Crippen LogP contribution in [0.15, 0.2) is 24.3 Å². The zero-order valence-corrected chi connectivity index (χ0v) is 8.96. The van der Waals surface area contributed by atoms with E-state index in [4.69, 9.17) is 4.74 Å². The Bertz CT molecular complexity index is 358. The highest BCUT2D eigenvalue weighted by atomic mass is 19.4. The van der Waals surface area contributed by atoms with Gasteiger partial charge in [-0.3, -0.25) is 0 Å². The molecular weight excluding hydrogens is 235 g/mol. The van der Waals surface area contributed by atoms with Crippen LogP contribution in [0.25, 0.3) is 0 Å². The van der Waals surface area contributed by atoms with Crippen LogP contribution in [-0.4, -0.2) is 25.6 Å². The van der Waals surface area contributed by atoms with Gasteiger partial charge in [0.1, 0.15) is 17.6 Å². The maximum Gasteiger partial charge on any atom is 0.573 e. The highest BCUT2D eigenvalue weighted by molar-refractivity contribution is 5.31. The Morgan fingerprint density at radius 3 is 2.29 bits per heavy atom. The molecule has 17 heavy (non-hydrogen) atoms. The van der Waals surface area contributed by atoms with Gasteiger partial charge < -0.3 is 14.8 Å². The summed E-state index contributed by atoms with van der Waals surface area (Å²) in [6.07, 6.45) is -3.66. The van der Waals surface area contributed by atoms with Crippen molar-refractivity contribution in [2.75, 3.05) is 13.1 Å². The lowest BCUT2D eigenvalue weighted by atomic mass is 10.3. The lowest BCUT2D eigenvalue weighted by Gasteiger charge is -2.13. The van der Waals surface area contributed by atoms with E-state index in [0.29, 0.717) is 5.75 Å². The quantitative estimate of drug-likeness (QED) is 0.889. The third-order valence-corrected chi connectivity index (χ3v) is 2.38. The van der Waals surface area contributed by atoms with Gasteiger partial charge in [-0.15, -0.1) is 13.2 Å². The smallest absolute Gasteiger partial charge is 0.489 e. The molecule has 0 amide bonds. The summed E-state index contributed by atoms with van der Waals surface area (Å²) < 4.78 is 45.0. The molecule has 3 nitrogen and oxygen atoms in total. The average Bonchev–Trinajstić information content (AvgIpc) is 2.71. The van der Waals surface area contributed by atoms with Gasteiger partial charge in [0.25, 0.3) is 0 Å². The van der Waals surface area contributed by atoms with Crippen LogP contribution in [-0.2, 0) is 0 Å². The molecule has 1 aromatic rings. The lowest BCUT2D eigenvalue weighted by Crippen LogP contribution is -2.19. The minimum atomic E-state index is -4.66. The van der Waals surface area contributed by atoms with Crippen LogP contribution < -0.4 is 14.8 Å². The molecule has 0 spiro atoms. The number of nitrogens with one attached hydrogen (secondary N) is 1. The van der Waals surface area contributed by atoms with Gasteiger partial charge in [-0.2, -0.15) is 0 Å². The van der Waals surface area contributed by atoms with Gasteiger partial charge in [0.2, 0.25) is 0 Å². The predicted molar refractivity (Wildman–Crippen MR) is 55.0 cm³/mol. The normalized spacial score (nSPS) is 20.3. The molecular formula is C11H12F3NO2. The van der Waals surface area contributed by atoms with Crippen molar-refractivity contribution in [2.45, 2.75) is 18.9 Å². The minimum absolute atomic E-state index is 0.0874. The first-order valence-electron chi connectivity index (χ1n) is 5.26. The van der Waals surface area contributed by atoms with Crippen LogP contribution in [0.3, 0.4) is 0 Å². The van der Waals surface area contributed by atoms with Crippen LogP contribution in [0.2, 0.25) is 0 Å².